The van der Waals surface area contributed by atoms with Crippen molar-refractivity contribution in [3.05, 3.63) is 47.0 Å². The smallest absolute Gasteiger partial charge is 0.244 e. The van der Waals surface area contributed by atoms with E-state index in [-0.39, 0.29) is 18.6 Å². The fourth-order valence-electron chi connectivity index (χ4n) is 3.36. The molecular weight excluding hydrogens is 288 g/mol. The minimum Gasteiger partial charge on any atom is -0.395 e. The maximum absolute atomic E-state index is 11.9. The van der Waals surface area contributed by atoms with Gasteiger partial charge in [-0.05, 0) is 49.8 Å². The first-order chi connectivity index (χ1) is 11.3. The van der Waals surface area contributed by atoms with E-state index in [1.165, 1.54) is 17.6 Å². The molecule has 0 aromatic heterocycles. The largest absolute Gasteiger partial charge is 0.395 e. The summed E-state index contributed by atoms with van der Waals surface area (Å²) in [5, 5.41) is 12.5. The van der Waals surface area contributed by atoms with E-state index in [9.17, 15) is 9.90 Å². The van der Waals surface area contributed by atoms with Gasteiger partial charge >= 0.3 is 0 Å². The lowest BCUT2D eigenvalue weighted by Gasteiger charge is -2.24. The molecule has 2 N–H and O–H groups in total. The van der Waals surface area contributed by atoms with Crippen molar-refractivity contribution in [2.24, 2.45) is 0 Å². The lowest BCUT2D eigenvalue weighted by atomic mass is 9.92. The minimum absolute atomic E-state index is 0.0175. The van der Waals surface area contributed by atoms with Gasteiger partial charge in [0.2, 0.25) is 5.91 Å². The maximum Gasteiger partial charge on any atom is 0.244 e. The number of benzene rings is 1. The zero-order chi connectivity index (χ0) is 16.1. The number of carbonyl (C=O) groups is 1. The highest BCUT2D eigenvalue weighted by Crippen LogP contribution is 2.25. The van der Waals surface area contributed by atoms with Gasteiger partial charge in [0.05, 0.1) is 6.61 Å². The molecule has 1 aromatic rings. The summed E-state index contributed by atoms with van der Waals surface area (Å²) in [5.41, 5.74) is 3.67. The number of aliphatic hydroxyl groups is 1. The van der Waals surface area contributed by atoms with Gasteiger partial charge in [0.15, 0.2) is 0 Å². The molecule has 3 rings (SSSR count). The first-order valence-corrected chi connectivity index (χ1v) is 8.65. The summed E-state index contributed by atoms with van der Waals surface area (Å²) in [5.74, 6) is 0.0175. The van der Waals surface area contributed by atoms with Gasteiger partial charge in [-0.1, -0.05) is 29.8 Å². The standard InChI is InChI=1S/C19H26N2O2/c22-14-18-9-4-10-21(18)13-17-8-2-1-7-16(17)12-20-19(23)11-15-5-3-6-15/h1-2,7-8,11,18,22H,3-6,9-10,12-14H2,(H,20,23)/t18-/m1/s1. The predicted octanol–water partition coefficient (Wildman–Crippen LogP) is 2.37. The Kier molecular flexibility index (Phi) is 5.47. The second-order valence-corrected chi connectivity index (χ2v) is 6.59. The van der Waals surface area contributed by atoms with Crippen LogP contribution in [-0.4, -0.2) is 35.1 Å². The molecule has 1 saturated carbocycles. The van der Waals surface area contributed by atoms with Crippen molar-refractivity contribution in [3.63, 3.8) is 0 Å². The van der Waals surface area contributed by atoms with E-state index in [2.05, 4.69) is 22.3 Å². The first-order valence-electron chi connectivity index (χ1n) is 8.65. The lowest BCUT2D eigenvalue weighted by Crippen LogP contribution is -2.32. The third kappa shape index (κ3) is 4.21. The van der Waals surface area contributed by atoms with E-state index >= 15 is 0 Å². The molecule has 1 amide bonds. The molecule has 4 heteroatoms. The fraction of sp³-hybridized carbons (Fsp3) is 0.526. The number of carbonyl (C=O) groups excluding carboxylic acids is 1. The molecule has 1 aliphatic carbocycles. The van der Waals surface area contributed by atoms with E-state index in [0.717, 1.165) is 44.3 Å². The van der Waals surface area contributed by atoms with Gasteiger partial charge in [0.1, 0.15) is 0 Å². The number of nitrogens with one attached hydrogen (secondary N) is 1. The summed E-state index contributed by atoms with van der Waals surface area (Å²) >= 11 is 0. The van der Waals surface area contributed by atoms with Crippen LogP contribution in [0.5, 0.6) is 0 Å². The Bertz CT molecular complexity index is 576. The van der Waals surface area contributed by atoms with Gasteiger partial charge in [-0.3, -0.25) is 9.69 Å². The number of hydrogen-bond acceptors (Lipinski definition) is 3. The molecule has 1 aromatic carbocycles. The average Bonchev–Trinajstić information content (AvgIpc) is 2.97. The Morgan fingerprint density at radius 2 is 2.04 bits per heavy atom. The van der Waals surface area contributed by atoms with E-state index in [1.807, 2.05) is 12.1 Å². The number of hydrogen-bond donors (Lipinski definition) is 2. The van der Waals surface area contributed by atoms with E-state index in [4.69, 9.17) is 0 Å². The van der Waals surface area contributed by atoms with Crippen molar-refractivity contribution in [1.82, 2.24) is 10.2 Å². The lowest BCUT2D eigenvalue weighted by molar-refractivity contribution is -0.116. The van der Waals surface area contributed by atoms with Crippen LogP contribution in [0.3, 0.4) is 0 Å². The van der Waals surface area contributed by atoms with Crippen molar-refractivity contribution < 1.29 is 9.90 Å². The van der Waals surface area contributed by atoms with Crippen LogP contribution in [0.25, 0.3) is 0 Å². The van der Waals surface area contributed by atoms with Crippen LogP contribution in [0.15, 0.2) is 35.9 Å². The summed E-state index contributed by atoms with van der Waals surface area (Å²) in [4.78, 5) is 14.3. The normalized spacial score (nSPS) is 21.1. The Morgan fingerprint density at radius 1 is 1.26 bits per heavy atom. The molecule has 0 spiro atoms. The van der Waals surface area contributed by atoms with Crippen molar-refractivity contribution >= 4 is 5.91 Å². The minimum atomic E-state index is 0.0175. The van der Waals surface area contributed by atoms with E-state index in [1.54, 1.807) is 6.08 Å². The molecule has 1 heterocycles. The third-order valence-electron chi connectivity index (χ3n) is 4.99. The molecule has 4 nitrogen and oxygen atoms in total. The second kappa shape index (κ2) is 7.75. The number of likely N-dealkylation sites (tertiary alicyclic amines) is 1. The molecule has 2 fully saturated rings. The number of amides is 1. The number of allylic oxidation sites excluding steroid dienone is 1. The zero-order valence-corrected chi connectivity index (χ0v) is 13.6. The summed E-state index contributed by atoms with van der Waals surface area (Å²) in [6.07, 6.45) is 7.34. The highest BCUT2D eigenvalue weighted by molar-refractivity contribution is 5.88. The summed E-state index contributed by atoms with van der Waals surface area (Å²) in [6.45, 7) is 2.68. The average molecular weight is 314 g/mol. The van der Waals surface area contributed by atoms with Crippen LogP contribution in [0.4, 0.5) is 0 Å². The van der Waals surface area contributed by atoms with Crippen LogP contribution in [0.1, 0.15) is 43.2 Å². The monoisotopic (exact) mass is 314 g/mol. The van der Waals surface area contributed by atoms with E-state index in [0.29, 0.717) is 6.54 Å². The van der Waals surface area contributed by atoms with Gasteiger partial charge in [-0.2, -0.15) is 0 Å². The quantitative estimate of drug-likeness (QED) is 0.793. The Hall–Kier alpha value is -1.65. The Morgan fingerprint density at radius 3 is 2.74 bits per heavy atom. The number of rotatable bonds is 6. The van der Waals surface area contributed by atoms with Crippen molar-refractivity contribution in [1.29, 1.82) is 0 Å². The SMILES string of the molecule is O=C(C=C1CCC1)NCc1ccccc1CN1CCC[C@@H]1CO. The fourth-order valence-corrected chi connectivity index (χ4v) is 3.36. The van der Waals surface area contributed by atoms with Crippen LogP contribution >= 0.6 is 0 Å². The van der Waals surface area contributed by atoms with Crippen LogP contribution in [0, 0.1) is 0 Å². The molecule has 2 aliphatic rings. The Balaban J connectivity index is 1.60. The summed E-state index contributed by atoms with van der Waals surface area (Å²) in [7, 11) is 0. The molecule has 23 heavy (non-hydrogen) atoms. The van der Waals surface area contributed by atoms with Crippen molar-refractivity contribution in [2.45, 2.75) is 51.2 Å². The molecular formula is C19H26N2O2. The van der Waals surface area contributed by atoms with Crippen molar-refractivity contribution in [3.8, 4) is 0 Å². The molecule has 0 bridgehead atoms. The van der Waals surface area contributed by atoms with Gasteiger partial charge in [0.25, 0.3) is 0 Å². The molecule has 0 unspecified atom stereocenters. The van der Waals surface area contributed by atoms with E-state index < -0.39 is 0 Å². The third-order valence-corrected chi connectivity index (χ3v) is 4.99. The van der Waals surface area contributed by atoms with Gasteiger partial charge < -0.3 is 10.4 Å². The number of nitrogens with zero attached hydrogens (tertiary/aromatic N) is 1. The second-order valence-electron chi connectivity index (χ2n) is 6.59. The van der Waals surface area contributed by atoms with Gasteiger partial charge in [-0.15, -0.1) is 0 Å². The molecule has 1 atom stereocenters. The predicted molar refractivity (Wildman–Crippen MR) is 90.7 cm³/mol. The highest BCUT2D eigenvalue weighted by Gasteiger charge is 2.24. The van der Waals surface area contributed by atoms with Crippen LogP contribution in [-0.2, 0) is 17.9 Å². The van der Waals surface area contributed by atoms with Crippen LogP contribution in [0.2, 0.25) is 0 Å². The molecule has 1 saturated heterocycles. The zero-order valence-electron chi connectivity index (χ0n) is 13.6. The molecule has 1 aliphatic heterocycles. The summed E-state index contributed by atoms with van der Waals surface area (Å²) < 4.78 is 0. The highest BCUT2D eigenvalue weighted by atomic mass is 16.3. The number of aliphatic hydroxyl groups excluding tert-OH is 1. The maximum atomic E-state index is 11.9. The first kappa shape index (κ1) is 16.2. The van der Waals surface area contributed by atoms with Gasteiger partial charge in [0, 0.05) is 25.2 Å². The van der Waals surface area contributed by atoms with Crippen LogP contribution < -0.4 is 5.32 Å². The Labute approximate surface area is 138 Å². The summed E-state index contributed by atoms with van der Waals surface area (Å²) in [6, 6.07) is 8.54. The topological polar surface area (TPSA) is 52.6 Å². The van der Waals surface area contributed by atoms with Gasteiger partial charge in [-0.25, -0.2) is 0 Å². The molecule has 0 radical (unpaired) electrons. The van der Waals surface area contributed by atoms with Crippen molar-refractivity contribution in [2.75, 3.05) is 13.2 Å². The molecule has 124 valence electrons.